The fraction of sp³-hybridized carbons (Fsp3) is 0. The summed E-state index contributed by atoms with van der Waals surface area (Å²) in [5.41, 5.74) is 2.03. The van der Waals surface area contributed by atoms with E-state index in [1.807, 2.05) is 54.6 Å². The SMILES string of the molecule is O=C(Nc1ccc(Oc2ccccc2)cc1)c1cc2cc(Cl)ccc2[nH]1. The van der Waals surface area contributed by atoms with Crippen molar-refractivity contribution in [2.45, 2.75) is 0 Å². The van der Waals surface area contributed by atoms with Gasteiger partial charge in [0.15, 0.2) is 0 Å². The summed E-state index contributed by atoms with van der Waals surface area (Å²) >= 11 is 5.98. The molecule has 0 bridgehead atoms. The normalized spacial score (nSPS) is 10.7. The molecule has 26 heavy (non-hydrogen) atoms. The van der Waals surface area contributed by atoms with Crippen LogP contribution in [-0.4, -0.2) is 10.9 Å². The predicted molar refractivity (Wildman–Crippen MR) is 104 cm³/mol. The van der Waals surface area contributed by atoms with Crippen LogP contribution in [0.15, 0.2) is 78.9 Å². The van der Waals surface area contributed by atoms with Gasteiger partial charge in [-0.1, -0.05) is 29.8 Å². The van der Waals surface area contributed by atoms with Crippen molar-refractivity contribution < 1.29 is 9.53 Å². The summed E-state index contributed by atoms with van der Waals surface area (Å²) in [7, 11) is 0. The van der Waals surface area contributed by atoms with E-state index < -0.39 is 0 Å². The maximum Gasteiger partial charge on any atom is 0.272 e. The number of fused-ring (bicyclic) bond motifs is 1. The van der Waals surface area contributed by atoms with E-state index in [1.165, 1.54) is 0 Å². The number of anilines is 1. The van der Waals surface area contributed by atoms with Crippen molar-refractivity contribution in [2.24, 2.45) is 0 Å². The summed E-state index contributed by atoms with van der Waals surface area (Å²) in [6, 6.07) is 24.0. The molecule has 0 aliphatic carbocycles. The standard InChI is InChI=1S/C21H15ClN2O2/c22-15-6-11-19-14(12-15)13-20(24-19)21(25)23-16-7-9-18(10-8-16)26-17-4-2-1-3-5-17/h1-13,24H,(H,23,25). The Morgan fingerprint density at radius 2 is 1.62 bits per heavy atom. The van der Waals surface area contributed by atoms with Crippen molar-refractivity contribution in [1.82, 2.24) is 4.98 Å². The number of hydrogen-bond donors (Lipinski definition) is 2. The lowest BCUT2D eigenvalue weighted by Gasteiger charge is -2.07. The molecule has 0 atom stereocenters. The molecule has 1 amide bonds. The highest BCUT2D eigenvalue weighted by atomic mass is 35.5. The van der Waals surface area contributed by atoms with Crippen LogP contribution in [-0.2, 0) is 0 Å². The topological polar surface area (TPSA) is 54.1 Å². The highest BCUT2D eigenvalue weighted by Crippen LogP contribution is 2.24. The summed E-state index contributed by atoms with van der Waals surface area (Å²) in [5.74, 6) is 1.25. The molecule has 3 aromatic carbocycles. The number of carbonyl (C=O) groups excluding carboxylic acids is 1. The summed E-state index contributed by atoms with van der Waals surface area (Å²) in [4.78, 5) is 15.5. The van der Waals surface area contributed by atoms with Crippen molar-refractivity contribution in [1.29, 1.82) is 0 Å². The number of benzene rings is 3. The van der Waals surface area contributed by atoms with Crippen molar-refractivity contribution in [3.05, 3.63) is 89.6 Å². The largest absolute Gasteiger partial charge is 0.457 e. The van der Waals surface area contributed by atoms with E-state index in [-0.39, 0.29) is 5.91 Å². The Balaban J connectivity index is 1.46. The van der Waals surface area contributed by atoms with Crippen LogP contribution < -0.4 is 10.1 Å². The first-order valence-electron chi connectivity index (χ1n) is 8.10. The van der Waals surface area contributed by atoms with Gasteiger partial charge >= 0.3 is 0 Å². The first-order chi connectivity index (χ1) is 12.7. The van der Waals surface area contributed by atoms with Crippen LogP contribution in [0.4, 0.5) is 5.69 Å². The molecule has 0 unspecified atom stereocenters. The lowest BCUT2D eigenvalue weighted by Crippen LogP contribution is -2.12. The van der Waals surface area contributed by atoms with Gasteiger partial charge in [-0.3, -0.25) is 4.79 Å². The van der Waals surface area contributed by atoms with Crippen LogP contribution in [0.5, 0.6) is 11.5 Å². The molecule has 0 spiro atoms. The molecule has 0 aliphatic heterocycles. The lowest BCUT2D eigenvalue weighted by atomic mass is 10.2. The van der Waals surface area contributed by atoms with Gasteiger partial charge < -0.3 is 15.0 Å². The third-order valence-corrected chi connectivity index (χ3v) is 4.15. The van der Waals surface area contributed by atoms with E-state index in [1.54, 1.807) is 24.3 Å². The molecule has 4 rings (SSSR count). The highest BCUT2D eigenvalue weighted by Gasteiger charge is 2.10. The third kappa shape index (κ3) is 3.55. The smallest absolute Gasteiger partial charge is 0.272 e. The third-order valence-electron chi connectivity index (χ3n) is 3.92. The minimum Gasteiger partial charge on any atom is -0.457 e. The van der Waals surface area contributed by atoms with Gasteiger partial charge in [-0.05, 0) is 60.7 Å². The molecule has 0 saturated carbocycles. The number of halogens is 1. The van der Waals surface area contributed by atoms with Gasteiger partial charge in [-0.25, -0.2) is 0 Å². The number of nitrogens with one attached hydrogen (secondary N) is 2. The minimum absolute atomic E-state index is 0.214. The molecule has 5 heteroatoms. The minimum atomic E-state index is -0.214. The Morgan fingerprint density at radius 3 is 2.38 bits per heavy atom. The Kier molecular flexibility index (Phi) is 4.33. The lowest BCUT2D eigenvalue weighted by molar-refractivity contribution is 0.102. The van der Waals surface area contributed by atoms with Gasteiger partial charge in [0.05, 0.1) is 0 Å². The summed E-state index contributed by atoms with van der Waals surface area (Å²) in [5, 5.41) is 4.40. The molecule has 0 saturated heterocycles. The van der Waals surface area contributed by atoms with Crippen molar-refractivity contribution >= 4 is 34.1 Å². The van der Waals surface area contributed by atoms with E-state index in [4.69, 9.17) is 16.3 Å². The van der Waals surface area contributed by atoms with E-state index >= 15 is 0 Å². The summed E-state index contributed by atoms with van der Waals surface area (Å²) in [6.45, 7) is 0. The molecule has 4 nitrogen and oxygen atoms in total. The van der Waals surface area contributed by atoms with Gasteiger partial charge in [0.25, 0.3) is 5.91 Å². The number of ether oxygens (including phenoxy) is 1. The van der Waals surface area contributed by atoms with Crippen LogP contribution in [0, 0.1) is 0 Å². The zero-order valence-electron chi connectivity index (χ0n) is 13.7. The van der Waals surface area contributed by atoms with Crippen LogP contribution in [0.2, 0.25) is 5.02 Å². The summed E-state index contributed by atoms with van der Waals surface area (Å²) < 4.78 is 5.74. The molecule has 0 aliphatic rings. The Morgan fingerprint density at radius 1 is 0.885 bits per heavy atom. The zero-order valence-corrected chi connectivity index (χ0v) is 14.5. The molecule has 0 radical (unpaired) electrons. The molecule has 1 aromatic heterocycles. The molecular formula is C21H15ClN2O2. The molecule has 128 valence electrons. The summed E-state index contributed by atoms with van der Waals surface area (Å²) in [6.07, 6.45) is 0. The van der Waals surface area contributed by atoms with Gasteiger partial charge in [0.2, 0.25) is 0 Å². The quantitative estimate of drug-likeness (QED) is 0.477. The van der Waals surface area contributed by atoms with Gasteiger partial charge in [-0.2, -0.15) is 0 Å². The van der Waals surface area contributed by atoms with Gasteiger partial charge in [0, 0.05) is 21.6 Å². The number of aromatic amines is 1. The molecule has 2 N–H and O–H groups in total. The van der Waals surface area contributed by atoms with Crippen LogP contribution in [0.3, 0.4) is 0 Å². The fourth-order valence-corrected chi connectivity index (χ4v) is 2.84. The maximum atomic E-state index is 12.4. The average molecular weight is 363 g/mol. The average Bonchev–Trinajstić information content (AvgIpc) is 3.07. The van der Waals surface area contributed by atoms with E-state index in [2.05, 4.69) is 10.3 Å². The molecule has 0 fully saturated rings. The number of carbonyl (C=O) groups is 1. The van der Waals surface area contributed by atoms with E-state index in [0.29, 0.717) is 22.2 Å². The highest BCUT2D eigenvalue weighted by molar-refractivity contribution is 6.31. The number of H-pyrrole nitrogens is 1. The number of hydrogen-bond acceptors (Lipinski definition) is 2. The first kappa shape index (κ1) is 16.2. The van der Waals surface area contributed by atoms with Crippen molar-refractivity contribution in [2.75, 3.05) is 5.32 Å². The maximum absolute atomic E-state index is 12.4. The Hall–Kier alpha value is -3.24. The number of aromatic nitrogens is 1. The van der Waals surface area contributed by atoms with Gasteiger partial charge in [0.1, 0.15) is 17.2 Å². The predicted octanol–water partition coefficient (Wildman–Crippen LogP) is 5.87. The molecule has 1 heterocycles. The fourth-order valence-electron chi connectivity index (χ4n) is 2.66. The van der Waals surface area contributed by atoms with Crippen LogP contribution >= 0.6 is 11.6 Å². The van der Waals surface area contributed by atoms with E-state index in [0.717, 1.165) is 16.7 Å². The van der Waals surface area contributed by atoms with Gasteiger partial charge in [-0.15, -0.1) is 0 Å². The number of para-hydroxylation sites is 1. The van der Waals surface area contributed by atoms with Crippen LogP contribution in [0.1, 0.15) is 10.5 Å². The Bertz CT molecular complexity index is 1060. The van der Waals surface area contributed by atoms with E-state index in [9.17, 15) is 4.79 Å². The van der Waals surface area contributed by atoms with Crippen molar-refractivity contribution in [3.63, 3.8) is 0 Å². The Labute approximate surface area is 155 Å². The number of rotatable bonds is 4. The second kappa shape index (κ2) is 6.94. The molecule has 4 aromatic rings. The first-order valence-corrected chi connectivity index (χ1v) is 8.48. The van der Waals surface area contributed by atoms with Crippen molar-refractivity contribution in [3.8, 4) is 11.5 Å². The monoisotopic (exact) mass is 362 g/mol. The zero-order chi connectivity index (χ0) is 17.9. The second-order valence-corrected chi connectivity index (χ2v) is 6.24. The second-order valence-electron chi connectivity index (χ2n) is 5.81. The molecular weight excluding hydrogens is 348 g/mol. The number of amides is 1. The van der Waals surface area contributed by atoms with Crippen LogP contribution in [0.25, 0.3) is 10.9 Å².